The molecule has 7 heteroatoms. The van der Waals surface area contributed by atoms with E-state index in [1.807, 2.05) is 24.3 Å². The highest BCUT2D eigenvalue weighted by Crippen LogP contribution is 2.30. The van der Waals surface area contributed by atoms with Crippen LogP contribution in [0.3, 0.4) is 0 Å². The van der Waals surface area contributed by atoms with E-state index in [0.29, 0.717) is 25.0 Å². The molecule has 1 atom stereocenters. The lowest BCUT2D eigenvalue weighted by atomic mass is 10.0. The quantitative estimate of drug-likeness (QED) is 0.593. The number of hydrogen-bond acceptors (Lipinski definition) is 4. The summed E-state index contributed by atoms with van der Waals surface area (Å²) >= 11 is 0. The van der Waals surface area contributed by atoms with Crippen LogP contribution in [0.2, 0.25) is 0 Å². The molecule has 1 aliphatic carbocycles. The van der Waals surface area contributed by atoms with Crippen LogP contribution < -0.4 is 16.0 Å². The topological polar surface area (TPSA) is 82.7 Å². The molecule has 1 aliphatic heterocycles. The average molecular weight is 403 g/mol. The fourth-order valence-electron chi connectivity index (χ4n) is 3.65. The number of carbonyl (C=O) groups is 2. The minimum Gasteiger partial charge on any atom is -0.379 e. The number of nitrogens with zero attached hydrogens (tertiary/aromatic N) is 1. The van der Waals surface area contributed by atoms with Crippen LogP contribution in [0.4, 0.5) is 10.5 Å². The maximum atomic E-state index is 12.3. The van der Waals surface area contributed by atoms with Crippen LogP contribution in [-0.2, 0) is 16.1 Å². The van der Waals surface area contributed by atoms with Crippen LogP contribution >= 0.6 is 0 Å². The van der Waals surface area contributed by atoms with Gasteiger partial charge in [0.25, 0.3) is 0 Å². The molecule has 1 unspecified atom stereocenters. The van der Waals surface area contributed by atoms with E-state index in [0.717, 1.165) is 56.8 Å². The number of ether oxygens (including phenoxy) is 1. The van der Waals surface area contributed by atoms with Crippen molar-refractivity contribution in [3.63, 3.8) is 0 Å². The van der Waals surface area contributed by atoms with E-state index in [1.165, 1.54) is 0 Å². The molecule has 3 N–H and O–H groups in total. The number of urea groups is 1. The zero-order chi connectivity index (χ0) is 20.6. The van der Waals surface area contributed by atoms with Crippen molar-refractivity contribution in [1.82, 2.24) is 15.5 Å². The van der Waals surface area contributed by atoms with Crippen molar-refractivity contribution >= 4 is 17.6 Å². The summed E-state index contributed by atoms with van der Waals surface area (Å²) in [4.78, 5) is 26.6. The van der Waals surface area contributed by atoms with Crippen molar-refractivity contribution in [3.8, 4) is 0 Å². The molecule has 2 aliphatic rings. The van der Waals surface area contributed by atoms with Crippen LogP contribution in [0.25, 0.3) is 0 Å². The zero-order valence-electron chi connectivity index (χ0n) is 17.6. The first kappa shape index (κ1) is 21.6. The first-order chi connectivity index (χ1) is 14.0. The second kappa shape index (κ2) is 10.6. The molecule has 7 nitrogen and oxygen atoms in total. The van der Waals surface area contributed by atoms with Gasteiger partial charge >= 0.3 is 6.03 Å². The van der Waals surface area contributed by atoms with Gasteiger partial charge in [-0.25, -0.2) is 4.79 Å². The summed E-state index contributed by atoms with van der Waals surface area (Å²) in [5.41, 5.74) is 1.74. The summed E-state index contributed by atoms with van der Waals surface area (Å²) in [6.45, 7) is 8.82. The van der Waals surface area contributed by atoms with E-state index in [-0.39, 0.29) is 17.9 Å². The molecule has 2 fully saturated rings. The van der Waals surface area contributed by atoms with Crippen LogP contribution in [0, 0.1) is 11.8 Å². The molecule has 1 aromatic carbocycles. The van der Waals surface area contributed by atoms with Gasteiger partial charge in [-0.15, -0.1) is 0 Å². The Hall–Kier alpha value is -2.12. The van der Waals surface area contributed by atoms with E-state index in [1.54, 1.807) is 0 Å². The first-order valence-electron chi connectivity index (χ1n) is 10.7. The lowest BCUT2D eigenvalue weighted by Gasteiger charge is -2.35. The molecule has 29 heavy (non-hydrogen) atoms. The van der Waals surface area contributed by atoms with E-state index in [4.69, 9.17) is 4.74 Å². The van der Waals surface area contributed by atoms with Crippen molar-refractivity contribution < 1.29 is 14.3 Å². The molecule has 160 valence electrons. The van der Waals surface area contributed by atoms with Gasteiger partial charge in [0, 0.05) is 43.8 Å². The molecule has 1 heterocycles. The number of morpholine rings is 1. The largest absolute Gasteiger partial charge is 0.379 e. The molecular weight excluding hydrogens is 368 g/mol. The number of hydrogen-bond donors (Lipinski definition) is 3. The van der Waals surface area contributed by atoms with E-state index < -0.39 is 0 Å². The van der Waals surface area contributed by atoms with Crippen molar-refractivity contribution in [2.24, 2.45) is 11.8 Å². The van der Waals surface area contributed by atoms with Gasteiger partial charge in [0.2, 0.25) is 5.91 Å². The van der Waals surface area contributed by atoms with Gasteiger partial charge in [0.15, 0.2) is 0 Å². The van der Waals surface area contributed by atoms with E-state index >= 15 is 0 Å². The van der Waals surface area contributed by atoms with Crippen molar-refractivity contribution in [2.45, 2.75) is 45.7 Å². The normalized spacial score (nSPS) is 18.3. The Kier molecular flexibility index (Phi) is 7.89. The summed E-state index contributed by atoms with van der Waals surface area (Å²) in [5, 5.41) is 8.89. The summed E-state index contributed by atoms with van der Waals surface area (Å²) < 4.78 is 5.45. The van der Waals surface area contributed by atoms with Gasteiger partial charge in [0.05, 0.1) is 13.2 Å². The Morgan fingerprint density at radius 1 is 1.17 bits per heavy atom. The Morgan fingerprint density at radius 3 is 2.62 bits per heavy atom. The smallest absolute Gasteiger partial charge is 0.315 e. The fourth-order valence-corrected chi connectivity index (χ4v) is 3.65. The number of nitrogens with one attached hydrogen (secondary N) is 3. The van der Waals surface area contributed by atoms with Crippen molar-refractivity contribution in [1.29, 1.82) is 0 Å². The van der Waals surface area contributed by atoms with E-state index in [2.05, 4.69) is 34.7 Å². The van der Waals surface area contributed by atoms with Gasteiger partial charge in [0.1, 0.15) is 0 Å². The second-order valence-electron chi connectivity index (χ2n) is 8.46. The predicted octanol–water partition coefficient (Wildman–Crippen LogP) is 2.58. The number of benzene rings is 1. The molecule has 0 radical (unpaired) electrons. The third-order valence-electron chi connectivity index (χ3n) is 5.40. The third-order valence-corrected chi connectivity index (χ3v) is 5.40. The van der Waals surface area contributed by atoms with Gasteiger partial charge in [-0.1, -0.05) is 26.0 Å². The summed E-state index contributed by atoms with van der Waals surface area (Å²) in [6.07, 6.45) is 3.01. The standard InChI is InChI=1S/C22H34N4O3/c1-16(2)12-20(26-8-10-29-11-9-26)15-24-22(28)23-14-17-4-3-5-19(13-17)25-21(27)18-6-7-18/h3-5,13,16,18,20H,6-12,14-15H2,1-2H3,(H,25,27)(H2,23,24,28). The van der Waals surface area contributed by atoms with Gasteiger partial charge < -0.3 is 20.7 Å². The van der Waals surface area contributed by atoms with Crippen LogP contribution in [0.5, 0.6) is 0 Å². The Bertz CT molecular complexity index is 684. The summed E-state index contributed by atoms with van der Waals surface area (Å²) in [5.74, 6) is 0.835. The first-order valence-corrected chi connectivity index (χ1v) is 10.7. The highest BCUT2D eigenvalue weighted by atomic mass is 16.5. The number of anilines is 1. The van der Waals surface area contributed by atoms with Crippen LogP contribution in [-0.4, -0.2) is 55.7 Å². The maximum Gasteiger partial charge on any atom is 0.315 e. The Labute approximate surface area is 173 Å². The minimum atomic E-state index is -0.167. The maximum absolute atomic E-state index is 12.3. The third kappa shape index (κ3) is 7.33. The van der Waals surface area contributed by atoms with Crippen molar-refractivity contribution in [2.75, 3.05) is 38.2 Å². The molecular formula is C22H34N4O3. The second-order valence-corrected chi connectivity index (χ2v) is 8.46. The molecule has 3 rings (SSSR count). The van der Waals surface area contributed by atoms with E-state index in [9.17, 15) is 9.59 Å². The number of amides is 3. The SMILES string of the molecule is CC(C)CC(CNC(=O)NCc1cccc(NC(=O)C2CC2)c1)N1CCOCC1. The molecule has 0 spiro atoms. The number of carbonyl (C=O) groups excluding carboxylic acids is 2. The van der Waals surface area contributed by atoms with Gasteiger partial charge in [-0.2, -0.15) is 0 Å². The van der Waals surface area contributed by atoms with Crippen molar-refractivity contribution in [3.05, 3.63) is 29.8 Å². The molecule has 1 aromatic rings. The predicted molar refractivity (Wildman–Crippen MR) is 114 cm³/mol. The average Bonchev–Trinajstić information content (AvgIpc) is 3.56. The number of rotatable bonds is 9. The molecule has 3 amide bonds. The highest BCUT2D eigenvalue weighted by Gasteiger charge is 2.29. The fraction of sp³-hybridized carbons (Fsp3) is 0.636. The van der Waals surface area contributed by atoms with Gasteiger partial charge in [-0.3, -0.25) is 9.69 Å². The lowest BCUT2D eigenvalue weighted by molar-refractivity contribution is -0.117. The minimum absolute atomic E-state index is 0.0900. The van der Waals surface area contributed by atoms with Gasteiger partial charge in [-0.05, 0) is 42.9 Å². The zero-order valence-corrected chi connectivity index (χ0v) is 17.6. The summed E-state index contributed by atoms with van der Waals surface area (Å²) in [6, 6.07) is 7.79. The molecule has 1 saturated heterocycles. The molecule has 0 aromatic heterocycles. The lowest BCUT2D eigenvalue weighted by Crippen LogP contribution is -2.50. The summed E-state index contributed by atoms with van der Waals surface area (Å²) in [7, 11) is 0. The molecule has 0 bridgehead atoms. The Balaban J connectivity index is 1.44. The Morgan fingerprint density at radius 2 is 1.93 bits per heavy atom. The molecule has 1 saturated carbocycles. The monoisotopic (exact) mass is 402 g/mol. The van der Waals surface area contributed by atoms with Crippen LogP contribution in [0.15, 0.2) is 24.3 Å². The highest BCUT2D eigenvalue weighted by molar-refractivity contribution is 5.94. The van der Waals surface area contributed by atoms with Crippen LogP contribution in [0.1, 0.15) is 38.7 Å².